The summed E-state index contributed by atoms with van der Waals surface area (Å²) in [4.78, 5) is 23.0. The number of hydrogen-bond donors (Lipinski definition) is 1. The summed E-state index contributed by atoms with van der Waals surface area (Å²) in [5.41, 5.74) is 0.446. The number of aliphatic hydroxyl groups excluding tert-OH is 1. The van der Waals surface area contributed by atoms with Crippen LogP contribution in [0.3, 0.4) is 0 Å². The lowest BCUT2D eigenvalue weighted by molar-refractivity contribution is -0.167. The summed E-state index contributed by atoms with van der Waals surface area (Å²) in [7, 11) is 0. The van der Waals surface area contributed by atoms with Crippen molar-refractivity contribution < 1.29 is 28.9 Å². The van der Waals surface area contributed by atoms with E-state index in [1.165, 1.54) is 0 Å². The van der Waals surface area contributed by atoms with Gasteiger partial charge < -0.3 is 19.3 Å². The van der Waals surface area contributed by atoms with E-state index < -0.39 is 24.5 Å². The molecule has 4 atom stereocenters. The number of fused-ring (bicyclic) bond motifs is 1. The molecule has 0 saturated carbocycles. The molecule has 1 aromatic rings. The van der Waals surface area contributed by atoms with Gasteiger partial charge in [0.2, 0.25) is 0 Å². The van der Waals surface area contributed by atoms with Gasteiger partial charge in [-0.1, -0.05) is 18.2 Å². The molecule has 1 N–H and O–H groups in total. The van der Waals surface area contributed by atoms with E-state index in [-0.39, 0.29) is 24.9 Å². The van der Waals surface area contributed by atoms with E-state index in [1.807, 2.05) is 0 Å². The first kappa shape index (κ1) is 13.1. The second-order valence-corrected chi connectivity index (χ2v) is 4.85. The molecule has 2 saturated heterocycles. The SMILES string of the molecule is O=C1CC2C(COC(=O)c3ccccc3)OC(O)C2O1. The molecule has 2 heterocycles. The number of carbonyl (C=O) groups excluding carboxylic acids is 2. The van der Waals surface area contributed by atoms with Gasteiger partial charge in [0.15, 0.2) is 12.4 Å². The van der Waals surface area contributed by atoms with E-state index in [2.05, 4.69) is 0 Å². The van der Waals surface area contributed by atoms with Crippen molar-refractivity contribution in [2.24, 2.45) is 5.92 Å². The van der Waals surface area contributed by atoms with Gasteiger partial charge in [0, 0.05) is 5.92 Å². The molecular weight excluding hydrogens is 264 g/mol. The number of benzene rings is 1. The Morgan fingerprint density at radius 2 is 2.10 bits per heavy atom. The van der Waals surface area contributed by atoms with Crippen LogP contribution in [0.15, 0.2) is 30.3 Å². The molecule has 0 aliphatic carbocycles. The summed E-state index contributed by atoms with van der Waals surface area (Å²) in [6.45, 7) is -0.0113. The first-order valence-corrected chi connectivity index (χ1v) is 6.40. The number of rotatable bonds is 3. The van der Waals surface area contributed by atoms with E-state index in [0.717, 1.165) is 0 Å². The molecule has 0 amide bonds. The Kier molecular flexibility index (Phi) is 3.42. The zero-order valence-corrected chi connectivity index (χ0v) is 10.6. The van der Waals surface area contributed by atoms with Gasteiger partial charge in [0.25, 0.3) is 0 Å². The maximum Gasteiger partial charge on any atom is 0.338 e. The van der Waals surface area contributed by atoms with Gasteiger partial charge in [-0.05, 0) is 12.1 Å². The van der Waals surface area contributed by atoms with Crippen LogP contribution in [0.5, 0.6) is 0 Å². The van der Waals surface area contributed by atoms with Crippen molar-refractivity contribution >= 4 is 11.9 Å². The molecule has 3 rings (SSSR count). The van der Waals surface area contributed by atoms with E-state index in [0.29, 0.717) is 5.56 Å². The molecule has 0 aromatic heterocycles. The van der Waals surface area contributed by atoms with Crippen LogP contribution in [0.25, 0.3) is 0 Å². The molecule has 2 aliphatic heterocycles. The van der Waals surface area contributed by atoms with Crippen LogP contribution in [0, 0.1) is 5.92 Å². The van der Waals surface area contributed by atoms with E-state index in [9.17, 15) is 14.7 Å². The van der Waals surface area contributed by atoms with Gasteiger partial charge in [-0.15, -0.1) is 0 Å². The normalized spacial score (nSPS) is 31.8. The van der Waals surface area contributed by atoms with E-state index in [4.69, 9.17) is 14.2 Å². The van der Waals surface area contributed by atoms with Crippen molar-refractivity contribution in [3.8, 4) is 0 Å². The summed E-state index contributed by atoms with van der Waals surface area (Å²) in [5, 5.41) is 9.63. The lowest BCUT2D eigenvalue weighted by Gasteiger charge is -2.14. The highest BCUT2D eigenvalue weighted by Crippen LogP contribution is 2.36. The summed E-state index contributed by atoms with van der Waals surface area (Å²) < 4.78 is 15.4. The summed E-state index contributed by atoms with van der Waals surface area (Å²) in [5.74, 6) is -1.08. The zero-order valence-electron chi connectivity index (χ0n) is 10.6. The number of hydrogen-bond acceptors (Lipinski definition) is 6. The van der Waals surface area contributed by atoms with Crippen LogP contribution in [-0.4, -0.2) is 42.1 Å². The van der Waals surface area contributed by atoms with Crippen molar-refractivity contribution in [2.45, 2.75) is 24.9 Å². The van der Waals surface area contributed by atoms with E-state index >= 15 is 0 Å². The third kappa shape index (κ3) is 2.39. The second-order valence-electron chi connectivity index (χ2n) is 4.85. The topological polar surface area (TPSA) is 82.1 Å². The molecular formula is C14H14O6. The first-order valence-electron chi connectivity index (χ1n) is 6.40. The molecule has 1 aromatic carbocycles. The largest absolute Gasteiger partial charge is 0.459 e. The lowest BCUT2D eigenvalue weighted by atomic mass is 9.98. The van der Waals surface area contributed by atoms with Crippen molar-refractivity contribution in [3.63, 3.8) is 0 Å². The van der Waals surface area contributed by atoms with Gasteiger partial charge in [-0.25, -0.2) is 4.79 Å². The number of carbonyl (C=O) groups is 2. The summed E-state index contributed by atoms with van der Waals surface area (Å²) >= 11 is 0. The van der Waals surface area contributed by atoms with Crippen LogP contribution in [0.2, 0.25) is 0 Å². The van der Waals surface area contributed by atoms with Crippen LogP contribution >= 0.6 is 0 Å². The average molecular weight is 278 g/mol. The van der Waals surface area contributed by atoms with Crippen LogP contribution < -0.4 is 0 Å². The van der Waals surface area contributed by atoms with Crippen LogP contribution in [-0.2, 0) is 19.0 Å². The maximum atomic E-state index is 11.8. The zero-order chi connectivity index (χ0) is 14.1. The smallest absolute Gasteiger partial charge is 0.338 e. The van der Waals surface area contributed by atoms with Crippen LogP contribution in [0.4, 0.5) is 0 Å². The first-order chi connectivity index (χ1) is 9.65. The average Bonchev–Trinajstić information content (AvgIpc) is 2.97. The second kappa shape index (κ2) is 5.22. The Labute approximate surface area is 115 Å². The van der Waals surface area contributed by atoms with Crippen molar-refractivity contribution in [2.75, 3.05) is 6.61 Å². The molecule has 0 radical (unpaired) electrons. The molecule has 6 heteroatoms. The fourth-order valence-corrected chi connectivity index (χ4v) is 2.54. The fourth-order valence-electron chi connectivity index (χ4n) is 2.54. The molecule has 0 spiro atoms. The molecule has 2 aliphatic rings. The van der Waals surface area contributed by atoms with Gasteiger partial charge in [-0.3, -0.25) is 4.79 Å². The third-order valence-electron chi connectivity index (χ3n) is 3.55. The quantitative estimate of drug-likeness (QED) is 0.810. The highest BCUT2D eigenvalue weighted by atomic mass is 16.7. The Morgan fingerprint density at radius 1 is 1.35 bits per heavy atom. The fraction of sp³-hybridized carbons (Fsp3) is 0.429. The predicted molar refractivity (Wildman–Crippen MR) is 65.6 cm³/mol. The molecule has 6 nitrogen and oxygen atoms in total. The number of aliphatic hydroxyl groups is 1. The van der Waals surface area contributed by atoms with Gasteiger partial charge in [0.1, 0.15) is 12.7 Å². The predicted octanol–water partition coefficient (Wildman–Crippen LogP) is 0.492. The molecule has 0 bridgehead atoms. The minimum Gasteiger partial charge on any atom is -0.459 e. The van der Waals surface area contributed by atoms with Crippen molar-refractivity contribution in [1.29, 1.82) is 0 Å². The van der Waals surface area contributed by atoms with Crippen molar-refractivity contribution in [1.82, 2.24) is 0 Å². The van der Waals surface area contributed by atoms with Gasteiger partial charge >= 0.3 is 11.9 Å². The lowest BCUT2D eigenvalue weighted by Crippen LogP contribution is -2.26. The minimum atomic E-state index is -1.15. The molecule has 4 unspecified atom stereocenters. The Morgan fingerprint density at radius 3 is 2.85 bits per heavy atom. The molecule has 20 heavy (non-hydrogen) atoms. The standard InChI is InChI=1S/C14H14O6/c15-11-6-9-10(19-14(17)12(9)20-11)7-18-13(16)8-4-2-1-3-5-8/h1-5,9-10,12,14,17H,6-7H2. The Hall–Kier alpha value is -1.92. The highest BCUT2D eigenvalue weighted by Gasteiger charge is 2.51. The maximum absolute atomic E-state index is 11.8. The Bertz CT molecular complexity index is 514. The van der Waals surface area contributed by atoms with E-state index in [1.54, 1.807) is 30.3 Å². The molecule has 2 fully saturated rings. The minimum absolute atomic E-state index is 0.0113. The van der Waals surface area contributed by atoms with Gasteiger partial charge in [-0.2, -0.15) is 0 Å². The Balaban J connectivity index is 1.59. The number of esters is 2. The summed E-state index contributed by atoms with van der Waals surface area (Å²) in [6, 6.07) is 8.59. The van der Waals surface area contributed by atoms with Crippen LogP contribution in [0.1, 0.15) is 16.8 Å². The monoisotopic (exact) mass is 278 g/mol. The van der Waals surface area contributed by atoms with Gasteiger partial charge in [0.05, 0.1) is 12.0 Å². The highest BCUT2D eigenvalue weighted by molar-refractivity contribution is 5.89. The third-order valence-corrected chi connectivity index (χ3v) is 3.55. The number of ether oxygens (including phenoxy) is 3. The summed E-state index contributed by atoms with van der Waals surface area (Å²) in [6.07, 6.45) is -2.14. The van der Waals surface area contributed by atoms with Crippen molar-refractivity contribution in [3.05, 3.63) is 35.9 Å². The molecule has 106 valence electrons.